The molecule has 0 radical (unpaired) electrons. The van der Waals surface area contributed by atoms with Crippen molar-refractivity contribution in [1.82, 2.24) is 10.5 Å². The summed E-state index contributed by atoms with van der Waals surface area (Å²) >= 11 is 0. The van der Waals surface area contributed by atoms with Gasteiger partial charge in [0.05, 0.1) is 6.04 Å². The molecule has 0 spiro atoms. The molecule has 4 heteroatoms. The Balaban J connectivity index is 1.84. The second kappa shape index (κ2) is 4.82. The monoisotopic (exact) mass is 243 g/mol. The number of nitrogens with one attached hydrogen (secondary N) is 1. The lowest BCUT2D eigenvalue weighted by Gasteiger charge is -2.20. The number of piperidine rings is 1. The van der Waals surface area contributed by atoms with E-state index < -0.39 is 0 Å². The largest absolute Gasteiger partial charge is 0.399 e. The number of aromatic nitrogens is 1. The lowest BCUT2D eigenvalue weighted by Crippen LogP contribution is -2.26. The van der Waals surface area contributed by atoms with Crippen molar-refractivity contribution in [1.29, 1.82) is 0 Å². The summed E-state index contributed by atoms with van der Waals surface area (Å²) < 4.78 is 5.41. The zero-order chi connectivity index (χ0) is 12.4. The van der Waals surface area contributed by atoms with Crippen molar-refractivity contribution >= 4 is 5.69 Å². The Morgan fingerprint density at radius 2 is 2.22 bits per heavy atom. The number of hydrogen-bond donors (Lipinski definition) is 2. The van der Waals surface area contributed by atoms with Crippen LogP contribution in [-0.4, -0.2) is 11.7 Å². The van der Waals surface area contributed by atoms with Gasteiger partial charge in [0.1, 0.15) is 5.69 Å². The zero-order valence-corrected chi connectivity index (χ0v) is 10.2. The number of hydrogen-bond acceptors (Lipinski definition) is 4. The minimum atomic E-state index is 0.331. The van der Waals surface area contributed by atoms with Crippen LogP contribution in [0.15, 0.2) is 34.9 Å². The van der Waals surface area contributed by atoms with E-state index in [2.05, 4.69) is 10.5 Å². The second-order valence-electron chi connectivity index (χ2n) is 4.74. The van der Waals surface area contributed by atoms with Gasteiger partial charge in [0.25, 0.3) is 0 Å². The summed E-state index contributed by atoms with van der Waals surface area (Å²) in [5.74, 6) is 0.782. The summed E-state index contributed by atoms with van der Waals surface area (Å²) in [6.07, 6.45) is 3.62. The third-order valence-corrected chi connectivity index (χ3v) is 3.37. The Bertz CT molecular complexity index is 529. The zero-order valence-electron chi connectivity index (χ0n) is 10.2. The van der Waals surface area contributed by atoms with E-state index in [0.717, 1.165) is 35.7 Å². The molecule has 1 aliphatic rings. The molecular formula is C14H17N3O. The molecule has 0 aliphatic carbocycles. The fourth-order valence-electron chi connectivity index (χ4n) is 2.39. The Kier molecular flexibility index (Phi) is 3.02. The maximum atomic E-state index is 5.77. The summed E-state index contributed by atoms with van der Waals surface area (Å²) in [4.78, 5) is 0. The van der Waals surface area contributed by atoms with E-state index in [0.29, 0.717) is 6.04 Å². The van der Waals surface area contributed by atoms with Crippen molar-refractivity contribution in [2.45, 2.75) is 25.3 Å². The lowest BCUT2D eigenvalue weighted by atomic mass is 10.0. The summed E-state index contributed by atoms with van der Waals surface area (Å²) in [5, 5.41) is 7.63. The van der Waals surface area contributed by atoms with E-state index in [-0.39, 0.29) is 0 Å². The molecule has 3 N–H and O–H groups in total. The van der Waals surface area contributed by atoms with Gasteiger partial charge in [-0.1, -0.05) is 23.7 Å². The average molecular weight is 243 g/mol. The molecular weight excluding hydrogens is 226 g/mol. The summed E-state index contributed by atoms with van der Waals surface area (Å²) in [5.41, 5.74) is 8.48. The van der Waals surface area contributed by atoms with Crippen LogP contribution in [0.3, 0.4) is 0 Å². The van der Waals surface area contributed by atoms with Crippen molar-refractivity contribution < 1.29 is 4.52 Å². The number of nitrogen functional groups attached to an aromatic ring is 1. The van der Waals surface area contributed by atoms with Crippen molar-refractivity contribution in [3.05, 3.63) is 36.0 Å². The van der Waals surface area contributed by atoms with Crippen LogP contribution in [-0.2, 0) is 0 Å². The Hall–Kier alpha value is -1.81. The maximum absolute atomic E-state index is 5.77. The molecule has 1 aromatic heterocycles. The topological polar surface area (TPSA) is 64.1 Å². The molecule has 2 aromatic rings. The van der Waals surface area contributed by atoms with Gasteiger partial charge in [-0.15, -0.1) is 0 Å². The van der Waals surface area contributed by atoms with Crippen molar-refractivity contribution in [3.63, 3.8) is 0 Å². The van der Waals surface area contributed by atoms with Gasteiger partial charge >= 0.3 is 0 Å². The molecule has 1 aliphatic heterocycles. The van der Waals surface area contributed by atoms with Crippen LogP contribution < -0.4 is 11.1 Å². The van der Waals surface area contributed by atoms with Gasteiger partial charge in [-0.05, 0) is 31.5 Å². The highest BCUT2D eigenvalue weighted by Gasteiger charge is 2.19. The van der Waals surface area contributed by atoms with E-state index in [1.165, 1.54) is 12.8 Å². The maximum Gasteiger partial charge on any atom is 0.167 e. The first-order valence-corrected chi connectivity index (χ1v) is 6.39. The molecule has 1 unspecified atom stereocenters. The van der Waals surface area contributed by atoms with Gasteiger partial charge in [-0.3, -0.25) is 0 Å². The van der Waals surface area contributed by atoms with E-state index in [1.54, 1.807) is 0 Å². The van der Waals surface area contributed by atoms with Gasteiger partial charge in [-0.25, -0.2) is 0 Å². The Labute approximate surface area is 106 Å². The van der Waals surface area contributed by atoms with Crippen molar-refractivity contribution in [3.8, 4) is 11.3 Å². The van der Waals surface area contributed by atoms with E-state index >= 15 is 0 Å². The van der Waals surface area contributed by atoms with Crippen LogP contribution in [0.2, 0.25) is 0 Å². The van der Waals surface area contributed by atoms with Crippen molar-refractivity contribution in [2.75, 3.05) is 12.3 Å². The number of rotatable bonds is 2. The summed E-state index contributed by atoms with van der Waals surface area (Å²) in [7, 11) is 0. The van der Waals surface area contributed by atoms with Crippen LogP contribution >= 0.6 is 0 Å². The Morgan fingerprint density at radius 3 is 3.00 bits per heavy atom. The number of nitrogens with two attached hydrogens (primary N) is 1. The van der Waals surface area contributed by atoms with Gasteiger partial charge in [-0.2, -0.15) is 0 Å². The van der Waals surface area contributed by atoms with E-state index in [9.17, 15) is 0 Å². The second-order valence-corrected chi connectivity index (χ2v) is 4.74. The van der Waals surface area contributed by atoms with Gasteiger partial charge < -0.3 is 15.6 Å². The highest BCUT2D eigenvalue weighted by Crippen LogP contribution is 2.27. The van der Waals surface area contributed by atoms with Gasteiger partial charge in [0.15, 0.2) is 5.76 Å². The van der Waals surface area contributed by atoms with Crippen LogP contribution in [0.1, 0.15) is 31.0 Å². The van der Waals surface area contributed by atoms with Crippen LogP contribution in [0.4, 0.5) is 5.69 Å². The molecule has 1 saturated heterocycles. The molecule has 4 nitrogen and oxygen atoms in total. The molecule has 2 heterocycles. The first-order valence-electron chi connectivity index (χ1n) is 6.39. The fraction of sp³-hybridized carbons (Fsp3) is 0.357. The molecule has 94 valence electrons. The molecule has 1 aromatic carbocycles. The van der Waals surface area contributed by atoms with E-state index in [1.807, 2.05) is 30.3 Å². The lowest BCUT2D eigenvalue weighted by molar-refractivity contribution is 0.368. The number of benzene rings is 1. The normalized spacial score (nSPS) is 19.9. The molecule has 0 bridgehead atoms. The molecule has 0 saturated carbocycles. The molecule has 1 atom stereocenters. The minimum Gasteiger partial charge on any atom is -0.399 e. The van der Waals surface area contributed by atoms with Crippen LogP contribution in [0.25, 0.3) is 11.3 Å². The third kappa shape index (κ3) is 2.24. The highest BCUT2D eigenvalue weighted by molar-refractivity contribution is 5.62. The van der Waals surface area contributed by atoms with Gasteiger partial charge in [0, 0.05) is 17.3 Å². The minimum absolute atomic E-state index is 0.331. The van der Waals surface area contributed by atoms with Crippen molar-refractivity contribution in [2.24, 2.45) is 0 Å². The third-order valence-electron chi connectivity index (χ3n) is 3.37. The van der Waals surface area contributed by atoms with Crippen LogP contribution in [0.5, 0.6) is 0 Å². The molecule has 3 rings (SSSR count). The fourth-order valence-corrected chi connectivity index (χ4v) is 2.39. The highest BCUT2D eigenvalue weighted by atomic mass is 16.5. The number of nitrogens with zero attached hydrogens (tertiary/aromatic N) is 1. The summed E-state index contributed by atoms with van der Waals surface area (Å²) in [6, 6.07) is 10.0. The van der Waals surface area contributed by atoms with Gasteiger partial charge in [0.2, 0.25) is 0 Å². The molecule has 18 heavy (non-hydrogen) atoms. The summed E-state index contributed by atoms with van der Waals surface area (Å²) in [6.45, 7) is 1.06. The number of anilines is 1. The molecule has 1 fully saturated rings. The van der Waals surface area contributed by atoms with Crippen LogP contribution in [0, 0.1) is 0 Å². The standard InChI is InChI=1S/C14H17N3O/c15-11-5-3-4-10(8-11)14-9-13(17-18-14)12-6-1-2-7-16-12/h3-5,8-9,12,16H,1-2,6-7,15H2. The first-order chi connectivity index (χ1) is 8.83. The molecule has 0 amide bonds. The smallest absolute Gasteiger partial charge is 0.167 e. The predicted molar refractivity (Wildman–Crippen MR) is 70.9 cm³/mol. The first kappa shape index (κ1) is 11.3. The predicted octanol–water partition coefficient (Wildman–Crippen LogP) is 2.74. The average Bonchev–Trinajstić information content (AvgIpc) is 2.89. The Morgan fingerprint density at radius 1 is 1.28 bits per heavy atom. The SMILES string of the molecule is Nc1cccc(-c2cc(C3CCCCN3)no2)c1. The quantitative estimate of drug-likeness (QED) is 0.796. The van der Waals surface area contributed by atoms with E-state index in [4.69, 9.17) is 10.3 Å².